The molecule has 0 saturated heterocycles. The zero-order chi connectivity index (χ0) is 15.8. The van der Waals surface area contributed by atoms with E-state index in [-0.39, 0.29) is 17.6 Å². The summed E-state index contributed by atoms with van der Waals surface area (Å²) in [6, 6.07) is 12.8. The van der Waals surface area contributed by atoms with Gasteiger partial charge in [-0.25, -0.2) is 8.78 Å². The highest BCUT2D eigenvalue weighted by atomic mass is 19.1. The minimum Gasteiger partial charge on any atom is -0.207 e. The maximum Gasteiger partial charge on any atom is 0.123 e. The fourth-order valence-corrected chi connectivity index (χ4v) is 2.49. The number of benzene rings is 2. The lowest BCUT2D eigenvalue weighted by molar-refractivity contribution is 0.611. The molecule has 0 atom stereocenters. The second-order valence-electron chi connectivity index (χ2n) is 5.11. The van der Waals surface area contributed by atoms with Crippen LogP contribution in [0.5, 0.6) is 0 Å². The molecule has 0 aromatic heterocycles. The molecule has 0 aliphatic heterocycles. The van der Waals surface area contributed by atoms with Gasteiger partial charge in [0.1, 0.15) is 11.6 Å². The topological polar surface area (TPSA) is 48.8 Å². The van der Waals surface area contributed by atoms with Crippen LogP contribution in [0.15, 0.2) is 53.6 Å². The predicted molar refractivity (Wildman–Crippen MR) is 82.5 cm³/mol. The van der Waals surface area contributed by atoms with Gasteiger partial charge in [-0.2, -0.15) is 0 Å². The van der Waals surface area contributed by atoms with Crippen LogP contribution in [0.25, 0.3) is 10.4 Å². The normalized spacial score (nSPS) is 10.5. The third-order valence-electron chi connectivity index (χ3n) is 3.61. The number of rotatable bonds is 7. The van der Waals surface area contributed by atoms with E-state index in [4.69, 9.17) is 5.53 Å². The SMILES string of the molecule is [N-]=[N+]=NCCCCC(c1ccc(F)cc1)c1ccc(F)cc1. The van der Waals surface area contributed by atoms with Crippen LogP contribution in [0, 0.1) is 11.6 Å². The Kier molecular flexibility index (Phi) is 5.92. The largest absolute Gasteiger partial charge is 0.207 e. The molecule has 0 unspecified atom stereocenters. The van der Waals surface area contributed by atoms with Crippen molar-refractivity contribution in [2.24, 2.45) is 5.11 Å². The molecular weight excluding hydrogens is 284 g/mol. The molecule has 2 aromatic carbocycles. The van der Waals surface area contributed by atoms with Gasteiger partial charge in [-0.15, -0.1) is 0 Å². The molecule has 3 nitrogen and oxygen atoms in total. The van der Waals surface area contributed by atoms with Crippen molar-refractivity contribution in [2.75, 3.05) is 6.54 Å². The van der Waals surface area contributed by atoms with Gasteiger partial charge in [0.25, 0.3) is 0 Å². The van der Waals surface area contributed by atoms with Gasteiger partial charge in [0.2, 0.25) is 0 Å². The van der Waals surface area contributed by atoms with Crippen LogP contribution in [-0.2, 0) is 0 Å². The highest BCUT2D eigenvalue weighted by molar-refractivity contribution is 5.32. The average Bonchev–Trinajstić information content (AvgIpc) is 2.53. The van der Waals surface area contributed by atoms with Crippen LogP contribution in [0.3, 0.4) is 0 Å². The number of hydrogen-bond acceptors (Lipinski definition) is 1. The van der Waals surface area contributed by atoms with Gasteiger partial charge in [-0.05, 0) is 53.8 Å². The molecule has 0 radical (unpaired) electrons. The minimum atomic E-state index is -0.273. The number of unbranched alkanes of at least 4 members (excludes halogenated alkanes) is 1. The second kappa shape index (κ2) is 8.15. The Morgan fingerprint density at radius 3 is 1.82 bits per heavy atom. The predicted octanol–water partition coefficient (Wildman–Crippen LogP) is 5.58. The van der Waals surface area contributed by atoms with E-state index >= 15 is 0 Å². The lowest BCUT2D eigenvalue weighted by Crippen LogP contribution is -2.02. The molecule has 0 spiro atoms. The third kappa shape index (κ3) is 4.57. The molecule has 0 fully saturated rings. The van der Waals surface area contributed by atoms with Crippen molar-refractivity contribution in [3.8, 4) is 0 Å². The maximum atomic E-state index is 13.1. The van der Waals surface area contributed by atoms with Crippen LogP contribution in [0.2, 0.25) is 0 Å². The fraction of sp³-hybridized carbons (Fsp3) is 0.294. The standard InChI is InChI=1S/C17H17F2N3/c18-15-8-4-13(5-9-15)17(3-1-2-12-21-22-20)14-6-10-16(19)11-7-14/h4-11,17H,1-3,12H2. The average molecular weight is 301 g/mol. The lowest BCUT2D eigenvalue weighted by Gasteiger charge is -2.18. The second-order valence-corrected chi connectivity index (χ2v) is 5.11. The summed E-state index contributed by atoms with van der Waals surface area (Å²) in [5.41, 5.74) is 10.3. The van der Waals surface area contributed by atoms with Gasteiger partial charge >= 0.3 is 0 Å². The Bertz CT molecular complexity index is 586. The number of halogens is 2. The van der Waals surface area contributed by atoms with Crippen molar-refractivity contribution < 1.29 is 8.78 Å². The van der Waals surface area contributed by atoms with Crippen LogP contribution < -0.4 is 0 Å². The maximum absolute atomic E-state index is 13.1. The van der Waals surface area contributed by atoms with Crippen molar-refractivity contribution in [3.05, 3.63) is 81.7 Å². The highest BCUT2D eigenvalue weighted by Gasteiger charge is 2.14. The van der Waals surface area contributed by atoms with Crippen molar-refractivity contribution >= 4 is 0 Å². The highest BCUT2D eigenvalue weighted by Crippen LogP contribution is 2.30. The smallest absolute Gasteiger partial charge is 0.123 e. The molecule has 0 aliphatic carbocycles. The van der Waals surface area contributed by atoms with Gasteiger partial charge in [0.05, 0.1) is 0 Å². The van der Waals surface area contributed by atoms with Crippen molar-refractivity contribution in [1.29, 1.82) is 0 Å². The molecule has 0 amide bonds. The van der Waals surface area contributed by atoms with Crippen LogP contribution in [-0.4, -0.2) is 6.54 Å². The Morgan fingerprint density at radius 2 is 1.36 bits per heavy atom. The summed E-state index contributed by atoms with van der Waals surface area (Å²) in [7, 11) is 0. The molecule has 5 heteroatoms. The van der Waals surface area contributed by atoms with E-state index in [9.17, 15) is 8.78 Å². The first-order valence-electron chi connectivity index (χ1n) is 7.22. The first kappa shape index (κ1) is 16.0. The third-order valence-corrected chi connectivity index (χ3v) is 3.61. The molecule has 114 valence electrons. The Balaban J connectivity index is 2.14. The molecule has 2 rings (SSSR count). The van der Waals surface area contributed by atoms with Crippen molar-refractivity contribution in [2.45, 2.75) is 25.2 Å². The van der Waals surface area contributed by atoms with Gasteiger partial charge in [0.15, 0.2) is 0 Å². The Hall–Kier alpha value is -2.39. The fourth-order valence-electron chi connectivity index (χ4n) is 2.49. The Labute approximate surface area is 128 Å². The summed E-state index contributed by atoms with van der Waals surface area (Å²) < 4.78 is 26.2. The first-order valence-corrected chi connectivity index (χ1v) is 7.22. The number of azide groups is 1. The van der Waals surface area contributed by atoms with E-state index in [1.807, 2.05) is 0 Å². The van der Waals surface area contributed by atoms with Crippen molar-refractivity contribution in [3.63, 3.8) is 0 Å². The van der Waals surface area contributed by atoms with Gasteiger partial charge < -0.3 is 0 Å². The molecule has 0 saturated carbocycles. The molecule has 2 aromatic rings. The van der Waals surface area contributed by atoms with Crippen LogP contribution in [0.4, 0.5) is 8.78 Å². The summed E-state index contributed by atoms with van der Waals surface area (Å²) >= 11 is 0. The monoisotopic (exact) mass is 301 g/mol. The van der Waals surface area contributed by atoms with Gasteiger partial charge in [0, 0.05) is 17.4 Å². The quantitative estimate of drug-likeness (QED) is 0.277. The van der Waals surface area contributed by atoms with Crippen LogP contribution in [0.1, 0.15) is 36.3 Å². The van der Waals surface area contributed by atoms with E-state index in [1.165, 1.54) is 24.3 Å². The van der Waals surface area contributed by atoms with Gasteiger partial charge in [-0.3, -0.25) is 0 Å². The van der Waals surface area contributed by atoms with Crippen LogP contribution >= 0.6 is 0 Å². The van der Waals surface area contributed by atoms with E-state index < -0.39 is 0 Å². The zero-order valence-electron chi connectivity index (χ0n) is 12.1. The minimum absolute atomic E-state index is 0.0762. The molecule has 0 N–H and O–H groups in total. The first-order chi connectivity index (χ1) is 10.7. The summed E-state index contributed by atoms with van der Waals surface area (Å²) in [4.78, 5) is 2.73. The van der Waals surface area contributed by atoms with E-state index in [2.05, 4.69) is 10.0 Å². The molecular formula is C17H17F2N3. The molecule has 0 bridgehead atoms. The lowest BCUT2D eigenvalue weighted by atomic mass is 9.87. The summed E-state index contributed by atoms with van der Waals surface area (Å²) in [6.45, 7) is 0.468. The van der Waals surface area contributed by atoms with Crippen molar-refractivity contribution in [1.82, 2.24) is 0 Å². The summed E-state index contributed by atoms with van der Waals surface area (Å²) in [5, 5.41) is 3.52. The Morgan fingerprint density at radius 1 is 0.864 bits per heavy atom. The molecule has 0 aliphatic rings. The zero-order valence-corrected chi connectivity index (χ0v) is 12.1. The number of nitrogens with zero attached hydrogens (tertiary/aromatic N) is 3. The van der Waals surface area contributed by atoms with E-state index in [0.29, 0.717) is 6.54 Å². The summed E-state index contributed by atoms with van der Waals surface area (Å²) in [5.74, 6) is -0.470. The molecule has 22 heavy (non-hydrogen) atoms. The number of hydrogen-bond donors (Lipinski definition) is 0. The van der Waals surface area contributed by atoms with Gasteiger partial charge in [-0.1, -0.05) is 35.8 Å². The van der Waals surface area contributed by atoms with E-state index in [1.54, 1.807) is 24.3 Å². The summed E-state index contributed by atoms with van der Waals surface area (Å²) in [6.07, 6.45) is 2.50. The molecule has 0 heterocycles. The van der Waals surface area contributed by atoms with E-state index in [0.717, 1.165) is 30.4 Å².